The van der Waals surface area contributed by atoms with Gasteiger partial charge < -0.3 is 15.8 Å². The van der Waals surface area contributed by atoms with Crippen LogP contribution in [0.1, 0.15) is 0 Å². The second-order valence-electron chi connectivity index (χ2n) is 3.44. The van der Waals surface area contributed by atoms with Gasteiger partial charge in [-0.15, -0.1) is 12.4 Å². The van der Waals surface area contributed by atoms with E-state index in [1.165, 1.54) is 0 Å². The van der Waals surface area contributed by atoms with E-state index in [0.29, 0.717) is 24.6 Å². The van der Waals surface area contributed by atoms with Crippen molar-refractivity contribution in [2.45, 2.75) is 5.51 Å². The van der Waals surface area contributed by atoms with Gasteiger partial charge in [-0.25, -0.2) is 0 Å². The molecule has 3 N–H and O–H groups in total. The first-order valence-corrected chi connectivity index (χ1v) is 6.33. The monoisotopic (exact) mass is 330 g/mol. The molecule has 0 bridgehead atoms. The summed E-state index contributed by atoms with van der Waals surface area (Å²) in [5.74, 6) is -0.805. The number of benzene rings is 1. The Morgan fingerprint density at radius 2 is 1.90 bits per heavy atom. The molecule has 1 rings (SSSR count). The van der Waals surface area contributed by atoms with E-state index >= 15 is 0 Å². The zero-order valence-electron chi connectivity index (χ0n) is 10.3. The minimum atomic E-state index is -4.41. The Hall–Kier alpha value is -1.12. The molecule has 1 amide bonds. The summed E-state index contributed by atoms with van der Waals surface area (Å²) in [6.07, 6.45) is 0. The van der Waals surface area contributed by atoms with Crippen molar-refractivity contribution in [3.8, 4) is 5.75 Å². The van der Waals surface area contributed by atoms with Gasteiger partial charge in [0.2, 0.25) is 5.91 Å². The maximum atomic E-state index is 11.9. The predicted molar refractivity (Wildman–Crippen MR) is 75.4 cm³/mol. The van der Waals surface area contributed by atoms with E-state index in [-0.39, 0.29) is 24.2 Å². The quantitative estimate of drug-likeness (QED) is 0.841. The molecule has 0 saturated carbocycles. The van der Waals surface area contributed by atoms with Crippen molar-refractivity contribution < 1.29 is 22.7 Å². The number of anilines is 1. The van der Waals surface area contributed by atoms with E-state index in [1.54, 1.807) is 24.3 Å². The third-order valence-corrected chi connectivity index (χ3v) is 2.63. The molecule has 0 fully saturated rings. The Balaban J connectivity index is 0.00000361. The first-order valence-electron chi connectivity index (χ1n) is 5.34. The van der Waals surface area contributed by atoms with Gasteiger partial charge in [-0.3, -0.25) is 4.79 Å². The molecular weight excluding hydrogens is 317 g/mol. The summed E-state index contributed by atoms with van der Waals surface area (Å²) in [7, 11) is 0. The van der Waals surface area contributed by atoms with E-state index in [2.05, 4.69) is 5.32 Å². The fraction of sp³-hybridized carbons (Fsp3) is 0.364. The molecule has 0 aromatic heterocycles. The SMILES string of the molecule is Cl.NCCOc1ccc(NC(=O)CSC(F)(F)F)cc1. The summed E-state index contributed by atoms with van der Waals surface area (Å²) < 4.78 is 40.9. The summed E-state index contributed by atoms with van der Waals surface area (Å²) in [4.78, 5) is 11.2. The first-order chi connectivity index (χ1) is 8.90. The molecule has 4 nitrogen and oxygen atoms in total. The second-order valence-corrected chi connectivity index (χ2v) is 4.48. The normalized spacial score (nSPS) is 10.6. The summed E-state index contributed by atoms with van der Waals surface area (Å²) in [5.41, 5.74) is 1.27. The average molecular weight is 331 g/mol. The van der Waals surface area contributed by atoms with Gasteiger partial charge in [0.05, 0.1) is 5.75 Å². The molecule has 0 aliphatic rings. The lowest BCUT2D eigenvalue weighted by atomic mass is 10.3. The number of carbonyl (C=O) groups is 1. The Labute approximate surface area is 124 Å². The van der Waals surface area contributed by atoms with Crippen LogP contribution >= 0.6 is 24.2 Å². The lowest BCUT2D eigenvalue weighted by Crippen LogP contribution is -2.17. The van der Waals surface area contributed by atoms with Gasteiger partial charge in [-0.1, -0.05) is 0 Å². The molecule has 0 saturated heterocycles. The molecular formula is C11H14ClF3N2O2S. The van der Waals surface area contributed by atoms with E-state index < -0.39 is 17.2 Å². The summed E-state index contributed by atoms with van der Waals surface area (Å²) >= 11 is -0.375. The van der Waals surface area contributed by atoms with Crippen molar-refractivity contribution in [3.63, 3.8) is 0 Å². The van der Waals surface area contributed by atoms with E-state index in [1.807, 2.05) is 0 Å². The van der Waals surface area contributed by atoms with Crippen LogP contribution in [-0.2, 0) is 4.79 Å². The summed E-state index contributed by atoms with van der Waals surface area (Å²) in [5, 5.41) is 2.36. The highest BCUT2D eigenvalue weighted by molar-refractivity contribution is 8.00. The van der Waals surface area contributed by atoms with Gasteiger partial charge in [0.25, 0.3) is 0 Å². The topological polar surface area (TPSA) is 64.3 Å². The Morgan fingerprint density at radius 3 is 2.40 bits per heavy atom. The molecule has 0 spiro atoms. The van der Waals surface area contributed by atoms with Gasteiger partial charge in [-0.2, -0.15) is 13.2 Å². The Kier molecular flexibility index (Phi) is 8.43. The summed E-state index contributed by atoms with van der Waals surface area (Å²) in [6, 6.07) is 6.29. The van der Waals surface area contributed by atoms with Gasteiger partial charge in [0.15, 0.2) is 0 Å². The van der Waals surface area contributed by atoms with Crippen LogP contribution in [0, 0.1) is 0 Å². The number of alkyl halides is 3. The number of hydrogen-bond donors (Lipinski definition) is 2. The van der Waals surface area contributed by atoms with Crippen molar-refractivity contribution >= 4 is 35.8 Å². The Morgan fingerprint density at radius 1 is 1.30 bits per heavy atom. The average Bonchev–Trinajstić information content (AvgIpc) is 2.35. The highest BCUT2D eigenvalue weighted by Crippen LogP contribution is 2.29. The van der Waals surface area contributed by atoms with Gasteiger partial charge in [0.1, 0.15) is 12.4 Å². The molecule has 114 valence electrons. The number of ether oxygens (including phenoxy) is 1. The lowest BCUT2D eigenvalue weighted by Gasteiger charge is -2.08. The van der Waals surface area contributed by atoms with Gasteiger partial charge in [0, 0.05) is 12.2 Å². The molecule has 9 heteroatoms. The molecule has 20 heavy (non-hydrogen) atoms. The number of amides is 1. The molecule has 0 aliphatic carbocycles. The number of nitrogens with one attached hydrogen (secondary N) is 1. The fourth-order valence-electron chi connectivity index (χ4n) is 1.16. The molecule has 0 radical (unpaired) electrons. The van der Waals surface area contributed by atoms with Crippen molar-refractivity contribution in [2.75, 3.05) is 24.2 Å². The predicted octanol–water partition coefficient (Wildman–Crippen LogP) is 2.64. The van der Waals surface area contributed by atoms with Gasteiger partial charge >= 0.3 is 5.51 Å². The van der Waals surface area contributed by atoms with Crippen LogP contribution in [0.2, 0.25) is 0 Å². The van der Waals surface area contributed by atoms with Crippen LogP contribution in [0.3, 0.4) is 0 Å². The third kappa shape index (κ3) is 8.13. The van der Waals surface area contributed by atoms with Crippen molar-refractivity contribution in [1.29, 1.82) is 0 Å². The number of thioether (sulfide) groups is 1. The standard InChI is InChI=1S/C11H13F3N2O2S.ClH/c12-11(13,14)19-7-10(17)16-8-1-3-9(4-2-8)18-6-5-15;/h1-4H,5-7,15H2,(H,16,17);1H. The summed E-state index contributed by atoms with van der Waals surface area (Å²) in [6.45, 7) is 0.751. The number of hydrogen-bond acceptors (Lipinski definition) is 4. The maximum absolute atomic E-state index is 11.9. The van der Waals surface area contributed by atoms with Crippen LogP contribution in [-0.4, -0.2) is 30.3 Å². The number of nitrogens with two attached hydrogens (primary N) is 1. The number of rotatable bonds is 6. The van der Waals surface area contributed by atoms with Crippen LogP contribution in [0.4, 0.5) is 18.9 Å². The first kappa shape index (κ1) is 18.9. The van der Waals surface area contributed by atoms with Crippen LogP contribution in [0.5, 0.6) is 5.75 Å². The molecule has 0 atom stereocenters. The molecule has 0 aliphatic heterocycles. The minimum absolute atomic E-state index is 0. The van der Waals surface area contributed by atoms with Crippen molar-refractivity contribution in [3.05, 3.63) is 24.3 Å². The Bertz CT molecular complexity index is 415. The third-order valence-electron chi connectivity index (χ3n) is 1.89. The zero-order valence-corrected chi connectivity index (χ0v) is 11.9. The minimum Gasteiger partial charge on any atom is -0.492 e. The van der Waals surface area contributed by atoms with E-state index in [4.69, 9.17) is 10.5 Å². The molecule has 0 unspecified atom stereocenters. The zero-order chi connectivity index (χ0) is 14.3. The maximum Gasteiger partial charge on any atom is 0.442 e. The largest absolute Gasteiger partial charge is 0.492 e. The smallest absolute Gasteiger partial charge is 0.442 e. The fourth-order valence-corrected chi connectivity index (χ4v) is 1.52. The lowest BCUT2D eigenvalue weighted by molar-refractivity contribution is -0.114. The highest BCUT2D eigenvalue weighted by atomic mass is 35.5. The van der Waals surface area contributed by atoms with Crippen LogP contribution in [0.15, 0.2) is 24.3 Å². The van der Waals surface area contributed by atoms with Crippen molar-refractivity contribution in [1.82, 2.24) is 0 Å². The second kappa shape index (κ2) is 8.93. The van der Waals surface area contributed by atoms with Crippen molar-refractivity contribution in [2.24, 2.45) is 5.73 Å². The molecule has 1 aromatic carbocycles. The number of carbonyl (C=O) groups excluding carboxylic acids is 1. The van der Waals surface area contributed by atoms with Gasteiger partial charge in [-0.05, 0) is 36.0 Å². The molecule has 0 heterocycles. The molecule has 1 aromatic rings. The van der Waals surface area contributed by atoms with Crippen LogP contribution in [0.25, 0.3) is 0 Å². The highest BCUT2D eigenvalue weighted by Gasteiger charge is 2.29. The number of halogens is 4. The van der Waals surface area contributed by atoms with Crippen LogP contribution < -0.4 is 15.8 Å². The van der Waals surface area contributed by atoms with E-state index in [9.17, 15) is 18.0 Å². The van der Waals surface area contributed by atoms with E-state index in [0.717, 1.165) is 0 Å².